The zero-order valence-electron chi connectivity index (χ0n) is 19.2. The van der Waals surface area contributed by atoms with Crippen molar-refractivity contribution in [3.05, 3.63) is 60.2 Å². The Morgan fingerprint density at radius 3 is 2.29 bits per heavy atom. The number of hydrogen-bond donors (Lipinski definition) is 0. The first kappa shape index (κ1) is 22.3. The van der Waals surface area contributed by atoms with Gasteiger partial charge in [0.05, 0.1) is 29.5 Å². The van der Waals surface area contributed by atoms with Crippen molar-refractivity contribution in [3.63, 3.8) is 0 Å². The van der Waals surface area contributed by atoms with Gasteiger partial charge in [-0.05, 0) is 37.5 Å². The molecule has 1 saturated carbocycles. The minimum Gasteiger partial charge on any atom is -0.426 e. The van der Waals surface area contributed by atoms with Crippen LogP contribution in [-0.2, 0) is 19.2 Å². The van der Waals surface area contributed by atoms with Crippen LogP contribution in [-0.4, -0.2) is 35.1 Å². The number of nitrogens with zero attached hydrogens (tertiary/aromatic N) is 2. The molecular formula is C27H28N2O5. The normalized spacial score (nSPS) is 25.4. The third-order valence-corrected chi connectivity index (χ3v) is 7.38. The molecule has 0 radical (unpaired) electrons. The van der Waals surface area contributed by atoms with Crippen LogP contribution in [0.2, 0.25) is 0 Å². The van der Waals surface area contributed by atoms with E-state index in [9.17, 15) is 19.2 Å². The maximum Gasteiger partial charge on any atom is 0.316 e. The van der Waals surface area contributed by atoms with E-state index >= 15 is 0 Å². The lowest BCUT2D eigenvalue weighted by Gasteiger charge is -2.25. The number of hydrogen-bond acceptors (Lipinski definition) is 5. The Morgan fingerprint density at radius 1 is 0.941 bits per heavy atom. The molecule has 2 aromatic rings. The van der Waals surface area contributed by atoms with Crippen LogP contribution < -0.4 is 9.64 Å². The zero-order valence-corrected chi connectivity index (χ0v) is 19.2. The molecule has 7 nitrogen and oxygen atoms in total. The van der Waals surface area contributed by atoms with E-state index in [2.05, 4.69) is 0 Å². The van der Waals surface area contributed by atoms with Crippen molar-refractivity contribution in [2.75, 3.05) is 11.4 Å². The van der Waals surface area contributed by atoms with Crippen molar-refractivity contribution in [1.29, 1.82) is 0 Å². The average Bonchev–Trinajstić information content (AvgIpc) is 3.37. The SMILES string of the molecule is C[C@H](c1ccccc1)N1C[C@@H](C(=O)Oc2cccc(N3C(=O)[C@H]4CCCC[C@H]4C3=O)c2)CC1=O. The first-order chi connectivity index (χ1) is 16.4. The van der Waals surface area contributed by atoms with E-state index in [0.717, 1.165) is 31.2 Å². The number of rotatable bonds is 5. The van der Waals surface area contributed by atoms with Gasteiger partial charge in [-0.15, -0.1) is 0 Å². The summed E-state index contributed by atoms with van der Waals surface area (Å²) in [7, 11) is 0. The standard InChI is InChI=1S/C27H28N2O5/c1-17(18-8-3-2-4-9-18)28-16-19(14-24(28)30)27(33)34-21-11-7-10-20(15-21)29-25(31)22-12-5-6-13-23(22)26(29)32/h2-4,7-11,15,17,19,22-23H,5-6,12-14,16H2,1H3/t17-,19+,22-,23+/m1/s1. The number of imide groups is 1. The van der Waals surface area contributed by atoms with E-state index in [1.165, 1.54) is 4.90 Å². The second kappa shape index (κ2) is 9.05. The topological polar surface area (TPSA) is 84.0 Å². The third kappa shape index (κ3) is 4.00. The quantitative estimate of drug-likeness (QED) is 0.384. The van der Waals surface area contributed by atoms with Crippen LogP contribution >= 0.6 is 0 Å². The van der Waals surface area contributed by atoms with E-state index in [1.807, 2.05) is 37.3 Å². The fourth-order valence-corrected chi connectivity index (χ4v) is 5.48. The summed E-state index contributed by atoms with van der Waals surface area (Å²) in [6, 6.07) is 16.1. The number of carbonyl (C=O) groups excluding carboxylic acids is 4. The smallest absolute Gasteiger partial charge is 0.316 e. The number of amides is 3. The number of likely N-dealkylation sites (tertiary alicyclic amines) is 1. The van der Waals surface area contributed by atoms with Crippen molar-refractivity contribution >= 4 is 29.4 Å². The molecular weight excluding hydrogens is 432 g/mol. The third-order valence-electron chi connectivity index (χ3n) is 7.38. The molecule has 7 heteroatoms. The number of esters is 1. The summed E-state index contributed by atoms with van der Waals surface area (Å²) in [5.41, 5.74) is 1.44. The van der Waals surface area contributed by atoms with Gasteiger partial charge in [0.2, 0.25) is 17.7 Å². The van der Waals surface area contributed by atoms with Crippen molar-refractivity contribution in [1.82, 2.24) is 4.90 Å². The zero-order chi connectivity index (χ0) is 23.8. The molecule has 5 rings (SSSR count). The molecule has 34 heavy (non-hydrogen) atoms. The highest BCUT2D eigenvalue weighted by atomic mass is 16.5. The molecule has 2 heterocycles. The molecule has 176 valence electrons. The van der Waals surface area contributed by atoms with E-state index in [-0.39, 0.29) is 47.8 Å². The monoisotopic (exact) mass is 460 g/mol. The van der Waals surface area contributed by atoms with E-state index in [4.69, 9.17) is 4.74 Å². The van der Waals surface area contributed by atoms with Crippen molar-refractivity contribution in [2.45, 2.75) is 45.1 Å². The lowest BCUT2D eigenvalue weighted by Crippen LogP contribution is -2.31. The first-order valence-electron chi connectivity index (χ1n) is 12.0. The van der Waals surface area contributed by atoms with Gasteiger partial charge in [-0.25, -0.2) is 4.90 Å². The molecule has 0 aromatic heterocycles. The van der Waals surface area contributed by atoms with Gasteiger partial charge in [0.15, 0.2) is 0 Å². The van der Waals surface area contributed by atoms with Crippen LogP contribution in [0.1, 0.15) is 50.6 Å². The summed E-state index contributed by atoms with van der Waals surface area (Å²) in [5.74, 6) is -1.68. The summed E-state index contributed by atoms with van der Waals surface area (Å²) >= 11 is 0. The minimum absolute atomic E-state index is 0.0806. The highest BCUT2D eigenvalue weighted by Crippen LogP contribution is 2.40. The summed E-state index contributed by atoms with van der Waals surface area (Å²) in [4.78, 5) is 54.3. The first-order valence-corrected chi connectivity index (χ1v) is 12.0. The number of ether oxygens (including phenoxy) is 1. The van der Waals surface area contributed by atoms with E-state index < -0.39 is 11.9 Å². The second-order valence-corrected chi connectivity index (χ2v) is 9.46. The largest absolute Gasteiger partial charge is 0.426 e. The fraction of sp³-hybridized carbons (Fsp3) is 0.407. The molecule has 0 unspecified atom stereocenters. The van der Waals surface area contributed by atoms with Gasteiger partial charge in [-0.1, -0.05) is 49.2 Å². The van der Waals surface area contributed by atoms with Gasteiger partial charge in [-0.2, -0.15) is 0 Å². The summed E-state index contributed by atoms with van der Waals surface area (Å²) < 4.78 is 5.60. The molecule has 2 aliphatic heterocycles. The average molecular weight is 461 g/mol. The molecule has 0 bridgehead atoms. The van der Waals surface area contributed by atoms with Gasteiger partial charge >= 0.3 is 5.97 Å². The van der Waals surface area contributed by atoms with Gasteiger partial charge in [-0.3, -0.25) is 19.2 Å². The number of anilines is 1. The van der Waals surface area contributed by atoms with Crippen molar-refractivity contribution < 1.29 is 23.9 Å². The molecule has 0 N–H and O–H groups in total. The van der Waals surface area contributed by atoms with Gasteiger partial charge < -0.3 is 9.64 Å². The van der Waals surface area contributed by atoms with E-state index in [1.54, 1.807) is 29.2 Å². The molecule has 3 aliphatic rings. The summed E-state index contributed by atoms with van der Waals surface area (Å²) in [5, 5.41) is 0. The van der Waals surface area contributed by atoms with Gasteiger partial charge in [0.1, 0.15) is 5.75 Å². The number of carbonyl (C=O) groups is 4. The molecule has 2 aromatic carbocycles. The molecule has 3 amide bonds. The van der Waals surface area contributed by atoms with Crippen LogP contribution in [0.3, 0.4) is 0 Å². The Bertz CT molecular complexity index is 1110. The van der Waals surface area contributed by atoms with Crippen LogP contribution in [0.25, 0.3) is 0 Å². The van der Waals surface area contributed by atoms with E-state index in [0.29, 0.717) is 12.2 Å². The number of fused-ring (bicyclic) bond motifs is 1. The number of benzene rings is 2. The van der Waals surface area contributed by atoms with Crippen LogP contribution in [0.4, 0.5) is 5.69 Å². The molecule has 4 atom stereocenters. The Labute approximate surface area is 198 Å². The molecule has 3 fully saturated rings. The Morgan fingerprint density at radius 2 is 1.62 bits per heavy atom. The van der Waals surface area contributed by atoms with Crippen LogP contribution in [0.5, 0.6) is 5.75 Å². The second-order valence-electron chi connectivity index (χ2n) is 9.46. The molecule has 2 saturated heterocycles. The maximum absolute atomic E-state index is 12.9. The van der Waals surface area contributed by atoms with Gasteiger partial charge in [0, 0.05) is 19.0 Å². The lowest BCUT2D eigenvalue weighted by atomic mass is 9.81. The predicted molar refractivity (Wildman–Crippen MR) is 125 cm³/mol. The Hall–Kier alpha value is -3.48. The Balaban J connectivity index is 1.27. The van der Waals surface area contributed by atoms with Crippen LogP contribution in [0, 0.1) is 17.8 Å². The predicted octanol–water partition coefficient (Wildman–Crippen LogP) is 3.88. The highest BCUT2D eigenvalue weighted by molar-refractivity contribution is 6.22. The van der Waals surface area contributed by atoms with Crippen molar-refractivity contribution in [3.8, 4) is 5.75 Å². The Kier molecular flexibility index (Phi) is 5.94. The highest BCUT2D eigenvalue weighted by Gasteiger charge is 2.48. The van der Waals surface area contributed by atoms with Crippen molar-refractivity contribution in [2.24, 2.45) is 17.8 Å². The molecule has 1 aliphatic carbocycles. The van der Waals surface area contributed by atoms with Crippen LogP contribution in [0.15, 0.2) is 54.6 Å². The van der Waals surface area contributed by atoms with Gasteiger partial charge in [0.25, 0.3) is 0 Å². The maximum atomic E-state index is 12.9. The summed E-state index contributed by atoms with van der Waals surface area (Å²) in [6.45, 7) is 2.24. The lowest BCUT2D eigenvalue weighted by molar-refractivity contribution is -0.139. The summed E-state index contributed by atoms with van der Waals surface area (Å²) in [6.07, 6.45) is 3.52. The minimum atomic E-state index is -0.569. The molecule has 0 spiro atoms. The fourth-order valence-electron chi connectivity index (χ4n) is 5.48.